The number of fused-ring (bicyclic) bond motifs is 1. The largest absolute Gasteiger partial charge is 0.349 e. The Morgan fingerprint density at radius 3 is 2.50 bits per heavy atom. The minimum absolute atomic E-state index is 0.0256. The van der Waals surface area contributed by atoms with Gasteiger partial charge in [0.25, 0.3) is 5.91 Å². The number of aromatic nitrogens is 4. The molecule has 1 aliphatic rings. The highest BCUT2D eigenvalue weighted by Gasteiger charge is 2.26. The Morgan fingerprint density at radius 2 is 1.75 bits per heavy atom. The molecule has 160 valence electrons. The minimum atomic E-state index is -0.0256. The zero-order valence-corrected chi connectivity index (χ0v) is 18.1. The number of benzene rings is 1. The fraction of sp³-hybridized carbons (Fsp3) is 0.200. The summed E-state index contributed by atoms with van der Waals surface area (Å²) < 4.78 is 2.08. The van der Waals surface area contributed by atoms with E-state index in [1.807, 2.05) is 56.6 Å². The third-order valence-electron chi connectivity index (χ3n) is 5.88. The van der Waals surface area contributed by atoms with E-state index in [0.29, 0.717) is 12.5 Å². The highest BCUT2D eigenvalue weighted by molar-refractivity contribution is 5.97. The Kier molecular flexibility index (Phi) is 5.15. The second-order valence-corrected chi connectivity index (χ2v) is 7.96. The van der Waals surface area contributed by atoms with Crippen LogP contribution in [0.25, 0.3) is 11.3 Å². The van der Waals surface area contributed by atoms with Gasteiger partial charge in [-0.2, -0.15) is 0 Å². The van der Waals surface area contributed by atoms with Crippen molar-refractivity contribution in [3.05, 3.63) is 89.1 Å². The monoisotopic (exact) mass is 424 g/mol. The summed E-state index contributed by atoms with van der Waals surface area (Å²) in [6.07, 6.45) is 6.23. The van der Waals surface area contributed by atoms with E-state index in [9.17, 15) is 4.79 Å². The molecule has 0 spiro atoms. The van der Waals surface area contributed by atoms with Crippen molar-refractivity contribution in [2.75, 3.05) is 11.9 Å². The van der Waals surface area contributed by atoms with E-state index in [1.54, 1.807) is 6.20 Å². The molecule has 4 heterocycles. The van der Waals surface area contributed by atoms with Gasteiger partial charge in [0.15, 0.2) is 0 Å². The number of rotatable bonds is 5. The number of nitrogens with one attached hydrogen (secondary N) is 2. The Bertz CT molecular complexity index is 1280. The Hall–Kier alpha value is -4.00. The lowest BCUT2D eigenvalue weighted by molar-refractivity contribution is 0.0926. The van der Waals surface area contributed by atoms with Crippen LogP contribution < -0.4 is 10.6 Å². The Morgan fingerprint density at radius 1 is 1.00 bits per heavy atom. The number of amides is 1. The number of carbonyl (C=O) groups is 1. The van der Waals surface area contributed by atoms with Gasteiger partial charge in [0, 0.05) is 48.6 Å². The van der Waals surface area contributed by atoms with Crippen molar-refractivity contribution in [2.45, 2.75) is 26.8 Å². The average Bonchev–Trinajstić information content (AvgIpc) is 3.07. The van der Waals surface area contributed by atoms with Crippen molar-refractivity contribution in [1.82, 2.24) is 24.8 Å². The molecule has 4 aromatic rings. The number of pyridine rings is 1. The first kappa shape index (κ1) is 19.9. The van der Waals surface area contributed by atoms with Gasteiger partial charge < -0.3 is 15.2 Å². The standard InChI is InChI=1S/C25H24N6O/c1-16-22(17(2)31-14-13-27-24(32)23(16)31)21-9-12-28-25(30-21)29-20-5-3-18(4-6-20)15-19-7-10-26-11-8-19/h3-12H,13-15H2,1-2H3,(H,27,32)(H,28,29,30). The van der Waals surface area contributed by atoms with Crippen LogP contribution in [-0.2, 0) is 13.0 Å². The van der Waals surface area contributed by atoms with Gasteiger partial charge >= 0.3 is 0 Å². The molecule has 5 rings (SSSR count). The number of hydrogen-bond donors (Lipinski definition) is 2. The van der Waals surface area contributed by atoms with Crippen LogP contribution >= 0.6 is 0 Å². The van der Waals surface area contributed by atoms with Crippen LogP contribution in [0.2, 0.25) is 0 Å². The zero-order chi connectivity index (χ0) is 22.1. The van der Waals surface area contributed by atoms with Gasteiger partial charge in [0.1, 0.15) is 5.69 Å². The zero-order valence-electron chi connectivity index (χ0n) is 18.1. The second-order valence-electron chi connectivity index (χ2n) is 7.96. The molecule has 0 unspecified atom stereocenters. The molecule has 1 amide bonds. The van der Waals surface area contributed by atoms with Gasteiger partial charge in [-0.15, -0.1) is 0 Å². The van der Waals surface area contributed by atoms with Crippen LogP contribution in [0.3, 0.4) is 0 Å². The fourth-order valence-electron chi connectivity index (χ4n) is 4.34. The average molecular weight is 425 g/mol. The molecular weight excluding hydrogens is 400 g/mol. The molecule has 0 fully saturated rings. The maximum Gasteiger partial charge on any atom is 0.268 e. The van der Waals surface area contributed by atoms with Gasteiger partial charge in [0.05, 0.1) is 5.69 Å². The number of nitrogens with zero attached hydrogens (tertiary/aromatic N) is 4. The van der Waals surface area contributed by atoms with Crippen LogP contribution in [0.5, 0.6) is 0 Å². The Balaban J connectivity index is 1.38. The Labute approximate surface area is 186 Å². The van der Waals surface area contributed by atoms with Crippen molar-refractivity contribution >= 4 is 17.5 Å². The maximum absolute atomic E-state index is 12.4. The maximum atomic E-state index is 12.4. The quantitative estimate of drug-likeness (QED) is 0.505. The first-order valence-corrected chi connectivity index (χ1v) is 10.7. The smallest absolute Gasteiger partial charge is 0.268 e. The molecule has 0 radical (unpaired) electrons. The lowest BCUT2D eigenvalue weighted by Gasteiger charge is -2.17. The minimum Gasteiger partial charge on any atom is -0.349 e. The summed E-state index contributed by atoms with van der Waals surface area (Å²) in [7, 11) is 0. The molecule has 7 heteroatoms. The highest BCUT2D eigenvalue weighted by atomic mass is 16.2. The molecule has 0 aliphatic carbocycles. The van der Waals surface area contributed by atoms with Gasteiger partial charge in [-0.25, -0.2) is 9.97 Å². The molecule has 2 N–H and O–H groups in total. The predicted octanol–water partition coefficient (Wildman–Crippen LogP) is 4.03. The van der Waals surface area contributed by atoms with Crippen molar-refractivity contribution in [2.24, 2.45) is 0 Å². The summed E-state index contributed by atoms with van der Waals surface area (Å²) in [5, 5.41) is 6.22. The first-order chi connectivity index (χ1) is 15.6. The van der Waals surface area contributed by atoms with Crippen LogP contribution in [-0.4, -0.2) is 32.0 Å². The van der Waals surface area contributed by atoms with Crippen molar-refractivity contribution < 1.29 is 4.79 Å². The van der Waals surface area contributed by atoms with Crippen molar-refractivity contribution in [3.8, 4) is 11.3 Å². The number of hydrogen-bond acceptors (Lipinski definition) is 5. The van der Waals surface area contributed by atoms with E-state index >= 15 is 0 Å². The van der Waals surface area contributed by atoms with E-state index in [1.165, 1.54) is 11.1 Å². The highest BCUT2D eigenvalue weighted by Crippen LogP contribution is 2.32. The molecule has 7 nitrogen and oxygen atoms in total. The second kappa shape index (κ2) is 8.26. The van der Waals surface area contributed by atoms with Crippen molar-refractivity contribution in [3.63, 3.8) is 0 Å². The summed E-state index contributed by atoms with van der Waals surface area (Å²) in [6, 6.07) is 14.2. The summed E-state index contributed by atoms with van der Waals surface area (Å²) in [5.74, 6) is 0.499. The SMILES string of the molecule is Cc1c(-c2ccnc(Nc3ccc(Cc4ccncc4)cc3)n2)c(C)n2c1C(=O)NCC2. The van der Waals surface area contributed by atoms with E-state index in [-0.39, 0.29) is 5.91 Å². The lowest BCUT2D eigenvalue weighted by atomic mass is 10.1. The normalized spacial score (nSPS) is 12.9. The van der Waals surface area contributed by atoms with Crippen LogP contribution in [0.4, 0.5) is 11.6 Å². The summed E-state index contributed by atoms with van der Waals surface area (Å²) in [6.45, 7) is 5.45. The number of carbonyl (C=O) groups excluding carboxylic acids is 1. The third kappa shape index (κ3) is 3.73. The molecule has 0 bridgehead atoms. The van der Waals surface area contributed by atoms with Gasteiger partial charge in [0.2, 0.25) is 5.95 Å². The summed E-state index contributed by atoms with van der Waals surface area (Å²) >= 11 is 0. The molecular formula is C25H24N6O. The van der Waals surface area contributed by atoms with Gasteiger partial charge in [-0.05, 0) is 67.3 Å². The molecule has 0 atom stereocenters. The third-order valence-corrected chi connectivity index (χ3v) is 5.88. The number of anilines is 2. The predicted molar refractivity (Wildman–Crippen MR) is 124 cm³/mol. The van der Waals surface area contributed by atoms with Gasteiger partial charge in [-0.1, -0.05) is 12.1 Å². The molecule has 1 aromatic carbocycles. The molecule has 3 aromatic heterocycles. The summed E-state index contributed by atoms with van der Waals surface area (Å²) in [4.78, 5) is 25.6. The van der Waals surface area contributed by atoms with Crippen LogP contribution in [0.15, 0.2) is 61.1 Å². The first-order valence-electron chi connectivity index (χ1n) is 10.7. The summed E-state index contributed by atoms with van der Waals surface area (Å²) in [5.41, 5.74) is 7.90. The molecule has 32 heavy (non-hydrogen) atoms. The van der Waals surface area contributed by atoms with Gasteiger partial charge in [-0.3, -0.25) is 9.78 Å². The van der Waals surface area contributed by atoms with Crippen LogP contribution in [0, 0.1) is 13.8 Å². The lowest BCUT2D eigenvalue weighted by Crippen LogP contribution is -2.35. The van der Waals surface area contributed by atoms with Crippen LogP contribution in [0.1, 0.15) is 32.9 Å². The van der Waals surface area contributed by atoms with E-state index < -0.39 is 0 Å². The topological polar surface area (TPSA) is 84.7 Å². The fourth-order valence-corrected chi connectivity index (χ4v) is 4.34. The van der Waals surface area contributed by atoms with E-state index in [2.05, 4.69) is 37.3 Å². The van der Waals surface area contributed by atoms with E-state index in [0.717, 1.165) is 46.9 Å². The molecule has 0 saturated carbocycles. The van der Waals surface area contributed by atoms with E-state index in [4.69, 9.17) is 4.98 Å². The van der Waals surface area contributed by atoms with Crippen molar-refractivity contribution in [1.29, 1.82) is 0 Å². The molecule has 1 aliphatic heterocycles. The molecule has 0 saturated heterocycles.